The van der Waals surface area contributed by atoms with E-state index in [0.717, 1.165) is 53.5 Å². The fourth-order valence-electron chi connectivity index (χ4n) is 4.24. The Kier molecular flexibility index (Phi) is 9.98. The van der Waals surface area contributed by atoms with Crippen molar-refractivity contribution in [1.29, 1.82) is 0 Å². The number of amides is 3. The van der Waals surface area contributed by atoms with E-state index in [-0.39, 0.29) is 29.5 Å². The number of halogens is 4. The molecule has 4 heterocycles. The summed E-state index contributed by atoms with van der Waals surface area (Å²) in [6.45, 7) is 0.874. The number of anilines is 1. The van der Waals surface area contributed by atoms with E-state index in [1.54, 1.807) is 0 Å². The zero-order chi connectivity index (χ0) is 30.3. The monoisotopic (exact) mass is 609 g/mol. The highest BCUT2D eigenvalue weighted by molar-refractivity contribution is 7.13. The predicted molar refractivity (Wildman–Crippen MR) is 143 cm³/mol. The Morgan fingerprint density at radius 3 is 2.55 bits per heavy atom. The van der Waals surface area contributed by atoms with E-state index < -0.39 is 40.8 Å². The Balaban J connectivity index is 1.23. The van der Waals surface area contributed by atoms with E-state index in [4.69, 9.17) is 0 Å². The van der Waals surface area contributed by atoms with Gasteiger partial charge in [0.15, 0.2) is 0 Å². The van der Waals surface area contributed by atoms with Crippen LogP contribution in [-0.4, -0.2) is 55.5 Å². The molecule has 16 heteroatoms. The second-order valence-corrected chi connectivity index (χ2v) is 10.6. The molecule has 2 N–H and O–H groups in total. The van der Waals surface area contributed by atoms with Crippen molar-refractivity contribution in [3.05, 3.63) is 68.0 Å². The second-order valence-electron chi connectivity index (χ2n) is 9.52. The molecule has 11 nitrogen and oxygen atoms in total. The molecule has 3 aromatic heterocycles. The number of piperidine rings is 1. The van der Waals surface area contributed by atoms with Gasteiger partial charge in [-0.15, -0.1) is 10.2 Å². The fraction of sp³-hybridized carbons (Fsp3) is 0.423. The van der Waals surface area contributed by atoms with Crippen LogP contribution in [0, 0.1) is 5.82 Å². The van der Waals surface area contributed by atoms with Gasteiger partial charge in [-0.2, -0.15) is 17.6 Å². The third-order valence-electron chi connectivity index (χ3n) is 6.47. The van der Waals surface area contributed by atoms with Gasteiger partial charge in [-0.1, -0.05) is 11.3 Å². The molecule has 0 spiro atoms. The SMILES string of the molecule is O=C(Nc1ccn(CCCCc2nnc(C(=O)NCc3cc(C(F)(F)F)ccn3)s2)c(=O)c1F)C(=O)N1CCCCC1. The van der Waals surface area contributed by atoms with Gasteiger partial charge in [0, 0.05) is 38.4 Å². The maximum atomic E-state index is 14.6. The first-order valence-electron chi connectivity index (χ1n) is 13.1. The van der Waals surface area contributed by atoms with Crippen molar-refractivity contribution in [3.8, 4) is 0 Å². The molecule has 1 saturated heterocycles. The molecule has 0 saturated carbocycles. The van der Waals surface area contributed by atoms with Gasteiger partial charge in [-0.05, 0) is 50.3 Å². The fourth-order valence-corrected chi connectivity index (χ4v) is 5.04. The zero-order valence-electron chi connectivity index (χ0n) is 22.2. The van der Waals surface area contributed by atoms with Crippen LogP contribution in [0.1, 0.15) is 58.2 Å². The zero-order valence-corrected chi connectivity index (χ0v) is 23.1. The summed E-state index contributed by atoms with van der Waals surface area (Å²) in [6, 6.07) is 2.91. The quantitative estimate of drug-likeness (QED) is 0.216. The summed E-state index contributed by atoms with van der Waals surface area (Å²) in [5.41, 5.74) is -2.14. The number of unbranched alkanes of at least 4 members (excludes halogenated alkanes) is 1. The number of alkyl halides is 3. The molecule has 1 aliphatic rings. The van der Waals surface area contributed by atoms with Gasteiger partial charge in [0.05, 0.1) is 23.5 Å². The number of carbonyl (C=O) groups is 3. The Hall–Kier alpha value is -4.21. The molecule has 224 valence electrons. The molecule has 3 amide bonds. The van der Waals surface area contributed by atoms with Crippen molar-refractivity contribution >= 4 is 34.7 Å². The van der Waals surface area contributed by atoms with Gasteiger partial charge in [0.2, 0.25) is 10.8 Å². The highest BCUT2D eigenvalue weighted by atomic mass is 32.1. The third kappa shape index (κ3) is 7.96. The van der Waals surface area contributed by atoms with Crippen molar-refractivity contribution < 1.29 is 31.9 Å². The normalized spacial score (nSPS) is 13.6. The number of carbonyl (C=O) groups excluding carboxylic acids is 3. The highest BCUT2D eigenvalue weighted by Gasteiger charge is 2.30. The van der Waals surface area contributed by atoms with Crippen molar-refractivity contribution in [3.63, 3.8) is 0 Å². The molecule has 42 heavy (non-hydrogen) atoms. The molecule has 0 radical (unpaired) electrons. The Bertz CT molecular complexity index is 1500. The Labute approximate surface area is 241 Å². The van der Waals surface area contributed by atoms with Gasteiger partial charge < -0.3 is 20.1 Å². The number of pyridine rings is 2. The Morgan fingerprint density at radius 1 is 1.05 bits per heavy atom. The van der Waals surface area contributed by atoms with Crippen molar-refractivity contribution in [2.45, 2.75) is 57.8 Å². The number of hydrogen-bond acceptors (Lipinski definition) is 8. The van der Waals surface area contributed by atoms with Gasteiger partial charge in [-0.3, -0.25) is 24.2 Å². The van der Waals surface area contributed by atoms with Crippen LogP contribution in [-0.2, 0) is 35.3 Å². The molecular formula is C26H27F4N7O4S. The van der Waals surface area contributed by atoms with Crippen molar-refractivity contribution in [2.75, 3.05) is 18.4 Å². The lowest BCUT2D eigenvalue weighted by atomic mass is 10.1. The summed E-state index contributed by atoms with van der Waals surface area (Å²) < 4.78 is 54.3. The van der Waals surface area contributed by atoms with Gasteiger partial charge >= 0.3 is 18.0 Å². The minimum absolute atomic E-state index is 0.0340. The summed E-state index contributed by atoms with van der Waals surface area (Å²) in [5, 5.41) is 13.0. The lowest BCUT2D eigenvalue weighted by molar-refractivity contribution is -0.143. The van der Waals surface area contributed by atoms with E-state index in [9.17, 15) is 36.7 Å². The topological polar surface area (TPSA) is 139 Å². The minimum Gasteiger partial charge on any atom is -0.344 e. The molecule has 3 aromatic rings. The van der Waals surface area contributed by atoms with Crippen LogP contribution in [0.4, 0.5) is 23.2 Å². The summed E-state index contributed by atoms with van der Waals surface area (Å²) in [5.74, 6) is -3.53. The average molecular weight is 610 g/mol. The molecular weight excluding hydrogens is 582 g/mol. The van der Waals surface area contributed by atoms with Crippen LogP contribution < -0.4 is 16.2 Å². The van der Waals surface area contributed by atoms with E-state index >= 15 is 0 Å². The minimum atomic E-state index is -4.52. The van der Waals surface area contributed by atoms with Crippen LogP contribution >= 0.6 is 11.3 Å². The molecule has 0 bridgehead atoms. The van der Waals surface area contributed by atoms with E-state index in [0.29, 0.717) is 37.4 Å². The van der Waals surface area contributed by atoms with Gasteiger partial charge in [-0.25, -0.2) is 0 Å². The van der Waals surface area contributed by atoms with Crippen LogP contribution in [0.2, 0.25) is 0 Å². The largest absolute Gasteiger partial charge is 0.416 e. The number of aromatic nitrogens is 4. The van der Waals surface area contributed by atoms with E-state index in [1.165, 1.54) is 17.2 Å². The molecule has 1 aliphatic heterocycles. The van der Waals surface area contributed by atoms with Gasteiger partial charge in [0.1, 0.15) is 5.01 Å². The molecule has 0 unspecified atom stereocenters. The first-order chi connectivity index (χ1) is 20.0. The number of nitrogens with zero attached hydrogens (tertiary/aromatic N) is 5. The second kappa shape index (κ2) is 13.6. The lowest BCUT2D eigenvalue weighted by Crippen LogP contribution is -2.42. The predicted octanol–water partition coefficient (Wildman–Crippen LogP) is 3.16. The molecule has 1 fully saturated rings. The first kappa shape index (κ1) is 30.7. The smallest absolute Gasteiger partial charge is 0.344 e. The lowest BCUT2D eigenvalue weighted by Gasteiger charge is -2.25. The van der Waals surface area contributed by atoms with Crippen LogP contribution in [0.15, 0.2) is 35.4 Å². The number of aryl methyl sites for hydroxylation is 2. The molecule has 0 atom stereocenters. The molecule has 4 rings (SSSR count). The standard InChI is InChI=1S/C26H27F4N7O4S/c27-20-18(33-22(39)25(41)36-10-3-1-4-11-36)8-13-37(24(20)40)12-5-2-6-19-34-35-23(42-19)21(38)32-15-17-14-16(7-9-31-17)26(28,29)30/h7-9,13-14H,1-6,10-12,15H2,(H,32,38)(H,33,39). The maximum absolute atomic E-state index is 14.6. The number of rotatable bonds is 9. The van der Waals surface area contributed by atoms with E-state index in [2.05, 4.69) is 25.8 Å². The summed E-state index contributed by atoms with van der Waals surface area (Å²) in [7, 11) is 0. The number of hydrogen-bond donors (Lipinski definition) is 2. The number of likely N-dealkylation sites (tertiary alicyclic amines) is 1. The molecule has 0 aliphatic carbocycles. The van der Waals surface area contributed by atoms with Crippen LogP contribution in [0.25, 0.3) is 0 Å². The first-order valence-corrected chi connectivity index (χ1v) is 14.0. The summed E-state index contributed by atoms with van der Waals surface area (Å²) in [4.78, 5) is 54.5. The Morgan fingerprint density at radius 2 is 1.81 bits per heavy atom. The summed E-state index contributed by atoms with van der Waals surface area (Å²) >= 11 is 1.02. The third-order valence-corrected chi connectivity index (χ3v) is 7.45. The number of nitrogens with one attached hydrogen (secondary N) is 2. The van der Waals surface area contributed by atoms with Crippen LogP contribution in [0.3, 0.4) is 0 Å². The average Bonchev–Trinajstić information content (AvgIpc) is 3.46. The maximum Gasteiger partial charge on any atom is 0.416 e. The van der Waals surface area contributed by atoms with Gasteiger partial charge in [0.25, 0.3) is 11.5 Å². The van der Waals surface area contributed by atoms with Crippen molar-refractivity contribution in [1.82, 2.24) is 30.0 Å². The van der Waals surface area contributed by atoms with E-state index in [1.807, 2.05) is 0 Å². The summed E-state index contributed by atoms with van der Waals surface area (Å²) in [6.07, 6.45) is 1.80. The highest BCUT2D eigenvalue weighted by Crippen LogP contribution is 2.29. The van der Waals surface area contributed by atoms with Crippen molar-refractivity contribution in [2.24, 2.45) is 0 Å². The molecule has 0 aromatic carbocycles. The van der Waals surface area contributed by atoms with Crippen LogP contribution in [0.5, 0.6) is 0 Å².